The van der Waals surface area contributed by atoms with Crippen molar-refractivity contribution in [3.8, 4) is 0 Å². The van der Waals surface area contributed by atoms with E-state index in [9.17, 15) is 9.59 Å². The summed E-state index contributed by atoms with van der Waals surface area (Å²) in [5.74, 6) is -0.273. The van der Waals surface area contributed by atoms with E-state index in [2.05, 4.69) is 5.32 Å². The second-order valence-corrected chi connectivity index (χ2v) is 6.33. The lowest BCUT2D eigenvalue weighted by Crippen LogP contribution is -2.38. The molecule has 5 nitrogen and oxygen atoms in total. The highest BCUT2D eigenvalue weighted by molar-refractivity contribution is 5.97. The van der Waals surface area contributed by atoms with Gasteiger partial charge in [-0.2, -0.15) is 0 Å². The first-order chi connectivity index (χ1) is 11.0. The number of amides is 1. The number of carbonyl (C=O) groups is 2. The molecule has 1 amide bonds. The second kappa shape index (κ2) is 7.99. The van der Waals surface area contributed by atoms with Gasteiger partial charge in [0.15, 0.2) is 6.10 Å². The molecule has 0 heterocycles. The number of nitrogens with two attached hydrogens (primary N) is 1. The maximum Gasteiger partial charge on any atom is 0.341 e. The summed E-state index contributed by atoms with van der Waals surface area (Å²) in [6, 6.07) is 5.18. The molecular formula is C18H26N2O3. The van der Waals surface area contributed by atoms with Gasteiger partial charge >= 0.3 is 5.97 Å². The summed E-state index contributed by atoms with van der Waals surface area (Å²) < 4.78 is 5.24. The van der Waals surface area contributed by atoms with Crippen molar-refractivity contribution in [1.29, 1.82) is 0 Å². The molecule has 0 aromatic heterocycles. The van der Waals surface area contributed by atoms with Crippen LogP contribution in [0.3, 0.4) is 0 Å². The Balaban J connectivity index is 1.85. The van der Waals surface area contributed by atoms with Crippen LogP contribution >= 0.6 is 0 Å². The van der Waals surface area contributed by atoms with Crippen LogP contribution in [0.4, 0.5) is 5.69 Å². The molecule has 1 atom stereocenters. The maximum atomic E-state index is 12.2. The van der Waals surface area contributed by atoms with E-state index in [0.29, 0.717) is 23.7 Å². The van der Waals surface area contributed by atoms with Crippen molar-refractivity contribution in [1.82, 2.24) is 5.32 Å². The summed E-state index contributed by atoms with van der Waals surface area (Å²) in [7, 11) is 0. The van der Waals surface area contributed by atoms with E-state index in [-0.39, 0.29) is 5.91 Å². The standard InChI is InChI=1S/C18H26N2O3/c1-12-7-6-10-15(16(12)19)18(22)23-13(2)17(21)20-11-14-8-4-3-5-9-14/h6-7,10,13-14H,3-5,8-9,11,19H2,1-2H3,(H,20,21). The van der Waals surface area contributed by atoms with Crippen LogP contribution in [-0.4, -0.2) is 24.5 Å². The van der Waals surface area contributed by atoms with E-state index >= 15 is 0 Å². The Morgan fingerprint density at radius 1 is 1.30 bits per heavy atom. The summed E-state index contributed by atoms with van der Waals surface area (Å²) in [6.07, 6.45) is 5.25. The lowest BCUT2D eigenvalue weighted by Gasteiger charge is -2.22. The van der Waals surface area contributed by atoms with Crippen molar-refractivity contribution in [3.05, 3.63) is 29.3 Å². The number of hydrogen-bond donors (Lipinski definition) is 2. The first-order valence-corrected chi connectivity index (χ1v) is 8.33. The summed E-state index contributed by atoms with van der Waals surface area (Å²) in [4.78, 5) is 24.2. The Labute approximate surface area is 137 Å². The van der Waals surface area contributed by atoms with Crippen LogP contribution in [0.25, 0.3) is 0 Å². The van der Waals surface area contributed by atoms with Gasteiger partial charge in [0.2, 0.25) is 0 Å². The Morgan fingerprint density at radius 2 is 2.00 bits per heavy atom. The highest BCUT2D eigenvalue weighted by atomic mass is 16.5. The zero-order valence-corrected chi connectivity index (χ0v) is 13.9. The number of para-hydroxylation sites is 1. The molecule has 0 saturated heterocycles. The van der Waals surface area contributed by atoms with E-state index < -0.39 is 12.1 Å². The van der Waals surface area contributed by atoms with Crippen molar-refractivity contribution < 1.29 is 14.3 Å². The minimum atomic E-state index is -0.828. The molecule has 1 unspecified atom stereocenters. The maximum absolute atomic E-state index is 12.2. The fourth-order valence-corrected chi connectivity index (χ4v) is 2.92. The van der Waals surface area contributed by atoms with Gasteiger partial charge in [-0.1, -0.05) is 31.4 Å². The molecule has 23 heavy (non-hydrogen) atoms. The summed E-state index contributed by atoms with van der Waals surface area (Å²) in [5.41, 5.74) is 7.40. The number of benzene rings is 1. The minimum absolute atomic E-state index is 0.254. The molecule has 1 aliphatic carbocycles. The van der Waals surface area contributed by atoms with E-state index in [1.807, 2.05) is 13.0 Å². The van der Waals surface area contributed by atoms with Crippen LogP contribution in [0, 0.1) is 12.8 Å². The van der Waals surface area contributed by atoms with Gasteiger partial charge in [-0.25, -0.2) is 4.79 Å². The molecule has 1 aromatic rings. The van der Waals surface area contributed by atoms with E-state index in [1.54, 1.807) is 19.1 Å². The average Bonchev–Trinajstić information content (AvgIpc) is 2.55. The zero-order chi connectivity index (χ0) is 16.8. The van der Waals surface area contributed by atoms with E-state index in [4.69, 9.17) is 10.5 Å². The van der Waals surface area contributed by atoms with Crippen molar-refractivity contribution in [2.24, 2.45) is 5.92 Å². The largest absolute Gasteiger partial charge is 0.449 e. The Bertz CT molecular complexity index is 565. The number of hydrogen-bond acceptors (Lipinski definition) is 4. The lowest BCUT2D eigenvalue weighted by atomic mass is 9.89. The first kappa shape index (κ1) is 17.3. The number of nitrogen functional groups attached to an aromatic ring is 1. The van der Waals surface area contributed by atoms with Gasteiger partial charge in [0.05, 0.1) is 5.56 Å². The number of ether oxygens (including phenoxy) is 1. The normalized spacial score (nSPS) is 16.6. The predicted molar refractivity (Wildman–Crippen MR) is 90.1 cm³/mol. The monoisotopic (exact) mass is 318 g/mol. The smallest absolute Gasteiger partial charge is 0.341 e. The molecule has 2 rings (SSSR count). The number of nitrogens with one attached hydrogen (secondary N) is 1. The molecule has 1 aromatic carbocycles. The van der Waals surface area contributed by atoms with Crippen molar-refractivity contribution >= 4 is 17.6 Å². The summed E-state index contributed by atoms with van der Waals surface area (Å²) >= 11 is 0. The fraction of sp³-hybridized carbons (Fsp3) is 0.556. The van der Waals surface area contributed by atoms with Gasteiger partial charge in [-0.3, -0.25) is 4.79 Å². The Kier molecular flexibility index (Phi) is 6.02. The van der Waals surface area contributed by atoms with Crippen LogP contribution in [-0.2, 0) is 9.53 Å². The molecule has 0 spiro atoms. The molecule has 0 bridgehead atoms. The van der Waals surface area contributed by atoms with Crippen molar-refractivity contribution in [2.45, 2.75) is 52.1 Å². The number of aryl methyl sites for hydroxylation is 1. The first-order valence-electron chi connectivity index (χ1n) is 8.33. The third kappa shape index (κ3) is 4.71. The molecular weight excluding hydrogens is 292 g/mol. The Hall–Kier alpha value is -2.04. The molecule has 1 fully saturated rings. The van der Waals surface area contributed by atoms with Crippen LogP contribution < -0.4 is 11.1 Å². The number of anilines is 1. The van der Waals surface area contributed by atoms with Gasteiger partial charge in [-0.15, -0.1) is 0 Å². The van der Waals surface area contributed by atoms with Crippen molar-refractivity contribution in [3.63, 3.8) is 0 Å². The average molecular weight is 318 g/mol. The molecule has 1 saturated carbocycles. The summed E-state index contributed by atoms with van der Waals surface area (Å²) in [5, 5.41) is 2.89. The van der Waals surface area contributed by atoms with Crippen LogP contribution in [0.5, 0.6) is 0 Å². The van der Waals surface area contributed by atoms with E-state index in [1.165, 1.54) is 19.3 Å². The van der Waals surface area contributed by atoms with Crippen LogP contribution in [0.2, 0.25) is 0 Å². The highest BCUT2D eigenvalue weighted by Crippen LogP contribution is 2.23. The number of rotatable bonds is 5. The second-order valence-electron chi connectivity index (χ2n) is 6.33. The van der Waals surface area contributed by atoms with Crippen LogP contribution in [0.1, 0.15) is 54.9 Å². The van der Waals surface area contributed by atoms with Gasteiger partial charge < -0.3 is 15.8 Å². The van der Waals surface area contributed by atoms with Crippen LogP contribution in [0.15, 0.2) is 18.2 Å². The van der Waals surface area contributed by atoms with Gasteiger partial charge in [-0.05, 0) is 44.2 Å². The van der Waals surface area contributed by atoms with E-state index in [0.717, 1.165) is 18.4 Å². The Morgan fingerprint density at radius 3 is 2.70 bits per heavy atom. The quantitative estimate of drug-likeness (QED) is 0.646. The predicted octanol–water partition coefficient (Wildman–Crippen LogP) is 2.82. The number of carbonyl (C=O) groups excluding carboxylic acids is 2. The van der Waals surface area contributed by atoms with Crippen molar-refractivity contribution in [2.75, 3.05) is 12.3 Å². The molecule has 0 radical (unpaired) electrons. The van der Waals surface area contributed by atoms with Gasteiger partial charge in [0.25, 0.3) is 5.91 Å². The van der Waals surface area contributed by atoms with Gasteiger partial charge in [0.1, 0.15) is 0 Å². The molecule has 126 valence electrons. The topological polar surface area (TPSA) is 81.4 Å². The molecule has 1 aliphatic rings. The fourth-order valence-electron chi connectivity index (χ4n) is 2.92. The lowest BCUT2D eigenvalue weighted by molar-refractivity contribution is -0.129. The molecule has 0 aliphatic heterocycles. The third-order valence-electron chi connectivity index (χ3n) is 4.49. The zero-order valence-electron chi connectivity index (χ0n) is 13.9. The highest BCUT2D eigenvalue weighted by Gasteiger charge is 2.22. The SMILES string of the molecule is Cc1cccc(C(=O)OC(C)C(=O)NCC2CCCCC2)c1N. The summed E-state index contributed by atoms with van der Waals surface area (Å²) in [6.45, 7) is 4.07. The van der Waals surface area contributed by atoms with Gasteiger partial charge in [0, 0.05) is 12.2 Å². The molecule has 5 heteroatoms. The minimum Gasteiger partial charge on any atom is -0.449 e. The number of esters is 1. The third-order valence-corrected chi connectivity index (χ3v) is 4.49. The molecule has 3 N–H and O–H groups in total.